The minimum Gasteiger partial charge on any atom is -0.493 e. The molecule has 1 atom stereocenters. The van der Waals surface area contributed by atoms with E-state index in [2.05, 4.69) is 19.2 Å². The highest BCUT2D eigenvalue weighted by molar-refractivity contribution is 5.42. The molecule has 1 fully saturated rings. The molecule has 4 heteroatoms. The molecule has 1 aliphatic rings. The van der Waals surface area contributed by atoms with Gasteiger partial charge in [-0.3, -0.25) is 0 Å². The van der Waals surface area contributed by atoms with Crippen molar-refractivity contribution < 1.29 is 14.2 Å². The summed E-state index contributed by atoms with van der Waals surface area (Å²) in [6, 6.07) is 5.92. The van der Waals surface area contributed by atoms with Crippen molar-refractivity contribution in [3.05, 3.63) is 23.8 Å². The number of hydrogen-bond donors (Lipinski definition) is 1. The van der Waals surface area contributed by atoms with Gasteiger partial charge in [0.15, 0.2) is 11.5 Å². The molecule has 1 unspecified atom stereocenters. The van der Waals surface area contributed by atoms with Gasteiger partial charge >= 0.3 is 0 Å². The topological polar surface area (TPSA) is 39.7 Å². The molecule has 0 amide bonds. The Morgan fingerprint density at radius 1 is 1.37 bits per heavy atom. The standard InChI is InChI=1S/C15H23NO3/c1-11-5-6-13(14(7-11)17-4)18-9-12-8-16-15(2,3)10-19-12/h5-7,12,16H,8-10H2,1-4H3. The van der Waals surface area contributed by atoms with Crippen molar-refractivity contribution >= 4 is 0 Å². The molecule has 0 bridgehead atoms. The Bertz CT molecular complexity index is 421. The van der Waals surface area contributed by atoms with Gasteiger partial charge in [-0.1, -0.05) is 6.07 Å². The summed E-state index contributed by atoms with van der Waals surface area (Å²) in [5.41, 5.74) is 1.21. The Labute approximate surface area is 115 Å². The number of aryl methyl sites for hydroxylation is 1. The van der Waals surface area contributed by atoms with Crippen LogP contribution in [0, 0.1) is 6.92 Å². The normalized spacial score (nSPS) is 22.0. The molecule has 2 rings (SSSR count). The fourth-order valence-corrected chi connectivity index (χ4v) is 2.01. The maximum atomic E-state index is 5.80. The number of methoxy groups -OCH3 is 1. The van der Waals surface area contributed by atoms with Crippen LogP contribution in [0.4, 0.5) is 0 Å². The van der Waals surface area contributed by atoms with Crippen LogP contribution in [0.5, 0.6) is 11.5 Å². The second-order valence-electron chi connectivity index (χ2n) is 5.66. The van der Waals surface area contributed by atoms with Crippen molar-refractivity contribution in [3.63, 3.8) is 0 Å². The summed E-state index contributed by atoms with van der Waals surface area (Å²) in [5.74, 6) is 1.53. The van der Waals surface area contributed by atoms with Crippen molar-refractivity contribution in [2.24, 2.45) is 0 Å². The summed E-state index contributed by atoms with van der Waals surface area (Å²) in [5, 5.41) is 3.45. The van der Waals surface area contributed by atoms with Crippen molar-refractivity contribution in [1.29, 1.82) is 0 Å². The number of ether oxygens (including phenoxy) is 3. The predicted molar refractivity (Wildman–Crippen MR) is 75.0 cm³/mol. The van der Waals surface area contributed by atoms with Gasteiger partial charge in [0.1, 0.15) is 12.7 Å². The summed E-state index contributed by atoms with van der Waals surface area (Å²) >= 11 is 0. The highest BCUT2D eigenvalue weighted by Crippen LogP contribution is 2.28. The van der Waals surface area contributed by atoms with Gasteiger partial charge in [0.25, 0.3) is 0 Å². The molecule has 1 heterocycles. The van der Waals surface area contributed by atoms with Crippen LogP contribution in [0.2, 0.25) is 0 Å². The van der Waals surface area contributed by atoms with Crippen LogP contribution in [0.1, 0.15) is 19.4 Å². The lowest BCUT2D eigenvalue weighted by atomic mass is 10.1. The molecule has 4 nitrogen and oxygen atoms in total. The van der Waals surface area contributed by atoms with Gasteiger partial charge in [0.05, 0.1) is 13.7 Å². The first-order valence-electron chi connectivity index (χ1n) is 6.64. The van der Waals surface area contributed by atoms with E-state index in [0.717, 1.165) is 23.6 Å². The molecule has 1 saturated heterocycles. The van der Waals surface area contributed by atoms with Gasteiger partial charge in [0.2, 0.25) is 0 Å². The van der Waals surface area contributed by atoms with Gasteiger partial charge < -0.3 is 19.5 Å². The summed E-state index contributed by atoms with van der Waals surface area (Å²) in [4.78, 5) is 0. The van der Waals surface area contributed by atoms with E-state index < -0.39 is 0 Å². The van der Waals surface area contributed by atoms with Crippen LogP contribution < -0.4 is 14.8 Å². The lowest BCUT2D eigenvalue weighted by molar-refractivity contribution is -0.0414. The monoisotopic (exact) mass is 265 g/mol. The molecular formula is C15H23NO3. The average molecular weight is 265 g/mol. The van der Waals surface area contributed by atoms with E-state index in [1.165, 1.54) is 0 Å². The van der Waals surface area contributed by atoms with Crippen molar-refractivity contribution in [2.45, 2.75) is 32.4 Å². The molecule has 1 N–H and O–H groups in total. The zero-order valence-corrected chi connectivity index (χ0v) is 12.2. The van der Waals surface area contributed by atoms with Crippen LogP contribution in [0.3, 0.4) is 0 Å². The first kappa shape index (κ1) is 14.2. The summed E-state index contributed by atoms with van der Waals surface area (Å²) in [6.45, 7) is 8.33. The Balaban J connectivity index is 1.89. The van der Waals surface area contributed by atoms with Gasteiger partial charge in [0, 0.05) is 12.1 Å². The SMILES string of the molecule is COc1cc(C)ccc1OCC1CNC(C)(C)CO1. The zero-order chi connectivity index (χ0) is 13.9. The van der Waals surface area contributed by atoms with Crippen LogP contribution in [0.15, 0.2) is 18.2 Å². The van der Waals surface area contributed by atoms with Crippen molar-refractivity contribution in [1.82, 2.24) is 5.32 Å². The molecule has 1 aromatic carbocycles. The van der Waals surface area contributed by atoms with E-state index in [1.54, 1.807) is 7.11 Å². The second-order valence-corrected chi connectivity index (χ2v) is 5.66. The van der Waals surface area contributed by atoms with Crippen LogP contribution in [-0.2, 0) is 4.74 Å². The van der Waals surface area contributed by atoms with Crippen molar-refractivity contribution in [3.8, 4) is 11.5 Å². The van der Waals surface area contributed by atoms with Gasteiger partial charge in [-0.05, 0) is 38.5 Å². The largest absolute Gasteiger partial charge is 0.493 e. The van der Waals surface area contributed by atoms with E-state index in [0.29, 0.717) is 13.2 Å². The smallest absolute Gasteiger partial charge is 0.161 e. The molecule has 0 spiro atoms. The molecule has 0 saturated carbocycles. The Kier molecular flexibility index (Phi) is 4.32. The highest BCUT2D eigenvalue weighted by atomic mass is 16.5. The molecular weight excluding hydrogens is 242 g/mol. The van der Waals surface area contributed by atoms with Gasteiger partial charge in [-0.15, -0.1) is 0 Å². The van der Waals surface area contributed by atoms with Crippen molar-refractivity contribution in [2.75, 3.05) is 26.9 Å². The molecule has 0 aliphatic carbocycles. The van der Waals surface area contributed by atoms with E-state index in [9.17, 15) is 0 Å². The fraction of sp³-hybridized carbons (Fsp3) is 0.600. The number of benzene rings is 1. The Hall–Kier alpha value is -1.26. The third-order valence-corrected chi connectivity index (χ3v) is 3.23. The molecule has 0 radical (unpaired) electrons. The Morgan fingerprint density at radius 3 is 2.79 bits per heavy atom. The van der Waals surface area contributed by atoms with E-state index in [1.807, 2.05) is 25.1 Å². The minimum atomic E-state index is 0.0536. The third-order valence-electron chi connectivity index (χ3n) is 3.23. The van der Waals surface area contributed by atoms with E-state index in [-0.39, 0.29) is 11.6 Å². The molecule has 1 aromatic rings. The van der Waals surface area contributed by atoms with Crippen LogP contribution >= 0.6 is 0 Å². The summed E-state index contributed by atoms with van der Waals surface area (Å²) in [6.07, 6.45) is 0.0824. The molecule has 1 aliphatic heterocycles. The lowest BCUT2D eigenvalue weighted by Gasteiger charge is -2.35. The number of rotatable bonds is 4. The minimum absolute atomic E-state index is 0.0536. The quantitative estimate of drug-likeness (QED) is 0.905. The zero-order valence-electron chi connectivity index (χ0n) is 12.2. The second kappa shape index (κ2) is 5.80. The first-order valence-corrected chi connectivity index (χ1v) is 6.64. The maximum Gasteiger partial charge on any atom is 0.161 e. The van der Waals surface area contributed by atoms with Crippen LogP contribution in [0.25, 0.3) is 0 Å². The number of morpholine rings is 1. The summed E-state index contributed by atoms with van der Waals surface area (Å²) in [7, 11) is 1.66. The van der Waals surface area contributed by atoms with E-state index in [4.69, 9.17) is 14.2 Å². The maximum absolute atomic E-state index is 5.80. The molecule has 0 aromatic heterocycles. The Morgan fingerprint density at radius 2 is 2.16 bits per heavy atom. The van der Waals surface area contributed by atoms with Crippen LogP contribution in [-0.4, -0.2) is 38.5 Å². The predicted octanol–water partition coefficient (Wildman–Crippen LogP) is 2.15. The summed E-state index contributed by atoms with van der Waals surface area (Å²) < 4.78 is 16.9. The lowest BCUT2D eigenvalue weighted by Crippen LogP contribution is -2.54. The third kappa shape index (κ3) is 3.85. The van der Waals surface area contributed by atoms with E-state index >= 15 is 0 Å². The number of hydrogen-bond acceptors (Lipinski definition) is 4. The number of nitrogens with one attached hydrogen (secondary N) is 1. The fourth-order valence-electron chi connectivity index (χ4n) is 2.01. The van der Waals surface area contributed by atoms with Gasteiger partial charge in [-0.25, -0.2) is 0 Å². The molecule has 19 heavy (non-hydrogen) atoms. The first-order chi connectivity index (χ1) is 9.00. The van der Waals surface area contributed by atoms with Gasteiger partial charge in [-0.2, -0.15) is 0 Å². The molecule has 106 valence electrons. The average Bonchev–Trinajstić information content (AvgIpc) is 2.38. The highest BCUT2D eigenvalue weighted by Gasteiger charge is 2.27.